The van der Waals surface area contributed by atoms with Crippen molar-refractivity contribution < 1.29 is 18.3 Å². The minimum Gasteiger partial charge on any atom is -0.478 e. The Morgan fingerprint density at radius 3 is 2.52 bits per heavy atom. The molecule has 0 radical (unpaired) electrons. The van der Waals surface area contributed by atoms with Crippen molar-refractivity contribution in [2.75, 3.05) is 0 Å². The first-order valence-corrected chi connectivity index (χ1v) is 9.09. The Labute approximate surface area is 136 Å². The molecule has 3 rings (SSSR count). The third-order valence-corrected chi connectivity index (χ3v) is 7.30. The molecule has 1 aromatic carbocycles. The quantitative estimate of drug-likeness (QED) is 0.858. The molecule has 1 aromatic rings. The lowest BCUT2D eigenvalue weighted by molar-refractivity contribution is -0.133. The fraction of sp³-hybridized carbons (Fsp3) is 0.389. The van der Waals surface area contributed by atoms with Gasteiger partial charge in [-0.15, -0.1) is 0 Å². The van der Waals surface area contributed by atoms with Gasteiger partial charge in [0.2, 0.25) is 0 Å². The van der Waals surface area contributed by atoms with E-state index in [9.17, 15) is 18.3 Å². The van der Waals surface area contributed by atoms with E-state index in [0.717, 1.165) is 16.7 Å². The molecule has 4 nitrogen and oxygen atoms in total. The highest BCUT2D eigenvalue weighted by Crippen LogP contribution is 2.49. The first-order chi connectivity index (χ1) is 10.6. The van der Waals surface area contributed by atoms with E-state index in [1.165, 1.54) is 6.08 Å². The zero-order valence-corrected chi connectivity index (χ0v) is 14.5. The van der Waals surface area contributed by atoms with Crippen molar-refractivity contribution in [3.8, 4) is 0 Å². The SMILES string of the molecule is CC1=C[C@@]2(C)Cc3cc(C)cc(C)c3S(=O)(=O)[C@@H]2C(C(=O)O)=C1. The second-order valence-electron chi connectivity index (χ2n) is 6.97. The Bertz CT molecular complexity index is 890. The number of carboxylic acid groups (broad SMARTS) is 1. The van der Waals surface area contributed by atoms with Crippen molar-refractivity contribution >= 4 is 15.8 Å². The van der Waals surface area contributed by atoms with Crippen LogP contribution in [0.1, 0.15) is 30.5 Å². The summed E-state index contributed by atoms with van der Waals surface area (Å²) in [6, 6.07) is 3.75. The number of carboxylic acids is 1. The second kappa shape index (κ2) is 4.81. The van der Waals surface area contributed by atoms with E-state index in [4.69, 9.17) is 0 Å². The van der Waals surface area contributed by atoms with E-state index < -0.39 is 26.5 Å². The van der Waals surface area contributed by atoms with E-state index in [-0.39, 0.29) is 5.57 Å². The summed E-state index contributed by atoms with van der Waals surface area (Å²) >= 11 is 0. The maximum absolute atomic E-state index is 13.3. The van der Waals surface area contributed by atoms with Gasteiger partial charge in [0, 0.05) is 5.41 Å². The molecule has 0 spiro atoms. The van der Waals surface area contributed by atoms with Crippen molar-refractivity contribution in [3.63, 3.8) is 0 Å². The largest absolute Gasteiger partial charge is 0.478 e. The van der Waals surface area contributed by atoms with Gasteiger partial charge in [0.15, 0.2) is 9.84 Å². The fourth-order valence-electron chi connectivity index (χ4n) is 4.26. The molecule has 0 aromatic heterocycles. The van der Waals surface area contributed by atoms with Crippen molar-refractivity contribution in [3.05, 3.63) is 52.1 Å². The molecule has 0 bridgehead atoms. The molecule has 23 heavy (non-hydrogen) atoms. The van der Waals surface area contributed by atoms with Gasteiger partial charge in [0.05, 0.1) is 10.5 Å². The first-order valence-electron chi connectivity index (χ1n) is 7.54. The predicted octanol–water partition coefficient (Wildman–Crippen LogP) is 2.98. The molecule has 1 heterocycles. The molecule has 2 atom stereocenters. The summed E-state index contributed by atoms with van der Waals surface area (Å²) in [7, 11) is -3.76. The maximum Gasteiger partial charge on any atom is 0.332 e. The molecule has 0 saturated carbocycles. The minimum absolute atomic E-state index is 0.0295. The van der Waals surface area contributed by atoms with Crippen LogP contribution >= 0.6 is 0 Å². The van der Waals surface area contributed by atoms with Crippen LogP contribution in [0.15, 0.2) is 40.3 Å². The van der Waals surface area contributed by atoms with Gasteiger partial charge in [-0.3, -0.25) is 0 Å². The number of rotatable bonds is 1. The van der Waals surface area contributed by atoms with Gasteiger partial charge < -0.3 is 5.11 Å². The molecule has 2 aliphatic rings. The summed E-state index contributed by atoms with van der Waals surface area (Å²) in [5.74, 6) is -1.16. The zero-order valence-electron chi connectivity index (χ0n) is 13.7. The summed E-state index contributed by atoms with van der Waals surface area (Å²) < 4.78 is 26.5. The summed E-state index contributed by atoms with van der Waals surface area (Å²) in [5.41, 5.74) is 2.53. The normalized spacial score (nSPS) is 28.3. The van der Waals surface area contributed by atoms with E-state index in [2.05, 4.69) is 0 Å². The summed E-state index contributed by atoms with van der Waals surface area (Å²) in [5, 5.41) is 8.51. The minimum atomic E-state index is -3.76. The van der Waals surface area contributed by atoms with Gasteiger partial charge in [0.1, 0.15) is 5.25 Å². The number of sulfone groups is 1. The second-order valence-corrected chi connectivity index (χ2v) is 8.94. The van der Waals surface area contributed by atoms with Crippen LogP contribution in [0.3, 0.4) is 0 Å². The number of carbonyl (C=O) groups is 1. The monoisotopic (exact) mass is 332 g/mol. The highest BCUT2D eigenvalue weighted by Gasteiger charge is 2.52. The Morgan fingerprint density at radius 2 is 1.91 bits per heavy atom. The molecule has 122 valence electrons. The zero-order chi connectivity index (χ0) is 17.2. The number of hydrogen-bond donors (Lipinski definition) is 1. The van der Waals surface area contributed by atoms with Gasteiger partial charge in [0.25, 0.3) is 0 Å². The summed E-state index contributed by atoms with van der Waals surface area (Å²) in [4.78, 5) is 12.0. The molecule has 0 unspecified atom stereocenters. The van der Waals surface area contributed by atoms with Crippen LogP contribution in [0.4, 0.5) is 0 Å². The number of allylic oxidation sites excluding steroid dienone is 3. The predicted molar refractivity (Wildman–Crippen MR) is 88.2 cm³/mol. The van der Waals surface area contributed by atoms with Crippen LogP contribution < -0.4 is 0 Å². The number of hydrogen-bond acceptors (Lipinski definition) is 3. The van der Waals surface area contributed by atoms with E-state index >= 15 is 0 Å². The van der Waals surface area contributed by atoms with Gasteiger partial charge in [-0.05, 0) is 44.4 Å². The van der Waals surface area contributed by atoms with E-state index in [0.29, 0.717) is 16.9 Å². The molecule has 0 fully saturated rings. The van der Waals surface area contributed by atoms with E-state index in [1.807, 2.05) is 39.0 Å². The van der Waals surface area contributed by atoms with Crippen LogP contribution in [-0.4, -0.2) is 24.7 Å². The molecule has 1 N–H and O–H groups in total. The third-order valence-electron chi connectivity index (χ3n) is 4.73. The van der Waals surface area contributed by atoms with Crippen molar-refractivity contribution in [1.29, 1.82) is 0 Å². The van der Waals surface area contributed by atoms with E-state index in [1.54, 1.807) is 6.92 Å². The molecule has 1 aliphatic carbocycles. The first kappa shape index (κ1) is 16.0. The topological polar surface area (TPSA) is 71.4 Å². The highest BCUT2D eigenvalue weighted by molar-refractivity contribution is 7.92. The lowest BCUT2D eigenvalue weighted by Crippen LogP contribution is -2.47. The molecule has 0 amide bonds. The standard InChI is InChI=1S/C18H20O4S/c1-10-5-12(3)15-13(6-10)9-18(4)8-11(2)7-14(17(19)20)16(18)23(15,21)22/h5-8,16H,9H2,1-4H3,(H,19,20)/t16-,18+/m1/s1. The summed E-state index contributed by atoms with van der Waals surface area (Å²) in [6.45, 7) is 7.38. The number of benzene rings is 1. The highest BCUT2D eigenvalue weighted by atomic mass is 32.2. The molecular weight excluding hydrogens is 312 g/mol. The van der Waals surface area contributed by atoms with Gasteiger partial charge in [-0.25, -0.2) is 13.2 Å². The van der Waals surface area contributed by atoms with Crippen LogP contribution in [0.5, 0.6) is 0 Å². The van der Waals surface area contributed by atoms with Crippen LogP contribution in [0.25, 0.3) is 0 Å². The Morgan fingerprint density at radius 1 is 1.26 bits per heavy atom. The molecule has 5 heteroatoms. The average Bonchev–Trinajstić information content (AvgIpc) is 2.33. The maximum atomic E-state index is 13.3. The molecular formula is C18H20O4S. The number of aliphatic carboxylic acids is 1. The number of aryl methyl sites for hydroxylation is 2. The lowest BCUT2D eigenvalue weighted by Gasteiger charge is -2.42. The van der Waals surface area contributed by atoms with Crippen LogP contribution in [-0.2, 0) is 21.1 Å². The number of fused-ring (bicyclic) bond motifs is 2. The van der Waals surface area contributed by atoms with Gasteiger partial charge >= 0.3 is 5.97 Å². The summed E-state index contributed by atoms with van der Waals surface area (Å²) in [6.07, 6.45) is 3.92. The average molecular weight is 332 g/mol. The van der Waals surface area contributed by atoms with Crippen molar-refractivity contribution in [2.45, 2.75) is 44.3 Å². The Balaban J connectivity index is 2.36. The van der Waals surface area contributed by atoms with Crippen LogP contribution in [0, 0.1) is 19.3 Å². The van der Waals surface area contributed by atoms with Gasteiger partial charge in [-0.1, -0.05) is 36.3 Å². The Kier molecular flexibility index (Phi) is 3.34. The lowest BCUT2D eigenvalue weighted by atomic mass is 9.72. The molecule has 1 aliphatic heterocycles. The van der Waals surface area contributed by atoms with Gasteiger partial charge in [-0.2, -0.15) is 0 Å². The molecule has 0 saturated heterocycles. The Hall–Kier alpha value is -1.88. The van der Waals surface area contributed by atoms with Crippen LogP contribution in [0.2, 0.25) is 0 Å². The smallest absolute Gasteiger partial charge is 0.332 e. The third kappa shape index (κ3) is 2.26. The van der Waals surface area contributed by atoms with Crippen molar-refractivity contribution in [1.82, 2.24) is 0 Å². The fourth-order valence-corrected chi connectivity index (χ4v) is 6.87. The van der Waals surface area contributed by atoms with Crippen molar-refractivity contribution in [2.24, 2.45) is 5.41 Å².